The average molecular weight is 266 g/mol. The van der Waals surface area contributed by atoms with Gasteiger partial charge in [0, 0.05) is 19.6 Å². The quantitative estimate of drug-likeness (QED) is 0.848. The number of carbonyl (C=O) groups is 1. The van der Waals surface area contributed by atoms with Crippen LogP contribution in [0, 0.1) is 16.7 Å². The molecule has 1 saturated heterocycles. The summed E-state index contributed by atoms with van der Waals surface area (Å²) in [6.07, 6.45) is 4.24. The second kappa shape index (κ2) is 4.37. The third-order valence-electron chi connectivity index (χ3n) is 6.34. The predicted octanol–water partition coefficient (Wildman–Crippen LogP) is 2.24. The molecule has 3 aliphatic rings. The fourth-order valence-corrected chi connectivity index (χ4v) is 4.41. The Balaban J connectivity index is 1.53. The van der Waals surface area contributed by atoms with E-state index in [4.69, 9.17) is 4.74 Å². The Labute approximate surface area is 115 Å². The van der Waals surface area contributed by atoms with E-state index in [1.807, 2.05) is 4.90 Å². The Kier molecular flexibility index (Phi) is 3.04. The monoisotopic (exact) mass is 266 g/mol. The molecule has 0 radical (unpaired) electrons. The number of hydrogen-bond donors (Lipinski definition) is 1. The molecule has 0 aromatic rings. The molecular weight excluding hydrogens is 240 g/mol. The van der Waals surface area contributed by atoms with Crippen molar-refractivity contribution >= 4 is 6.03 Å². The number of nitrogens with zero attached hydrogens (tertiary/aromatic N) is 1. The first kappa shape index (κ1) is 13.2. The molecule has 4 heteroatoms. The lowest BCUT2D eigenvalue weighted by Crippen LogP contribution is -2.39. The van der Waals surface area contributed by atoms with Gasteiger partial charge in [-0.05, 0) is 36.0 Å². The van der Waals surface area contributed by atoms with Gasteiger partial charge in [0.05, 0.1) is 12.7 Å². The summed E-state index contributed by atoms with van der Waals surface area (Å²) in [6.45, 7) is 10.2. The predicted molar refractivity (Wildman–Crippen MR) is 73.9 cm³/mol. The Morgan fingerprint density at radius 3 is 2.74 bits per heavy atom. The molecule has 3 atom stereocenters. The minimum atomic E-state index is 0.0584. The highest BCUT2D eigenvalue weighted by molar-refractivity contribution is 5.76. The molecule has 0 unspecified atom stereocenters. The molecule has 1 aliphatic heterocycles. The van der Waals surface area contributed by atoms with Gasteiger partial charge in [-0.25, -0.2) is 4.79 Å². The highest BCUT2D eigenvalue weighted by atomic mass is 16.5. The van der Waals surface area contributed by atoms with Crippen molar-refractivity contribution in [3.63, 3.8) is 0 Å². The summed E-state index contributed by atoms with van der Waals surface area (Å²) in [5.41, 5.74) is 0.730. The van der Waals surface area contributed by atoms with Crippen LogP contribution >= 0.6 is 0 Å². The van der Waals surface area contributed by atoms with E-state index < -0.39 is 0 Å². The first-order valence-corrected chi connectivity index (χ1v) is 7.59. The Hall–Kier alpha value is -0.770. The van der Waals surface area contributed by atoms with Crippen LogP contribution in [-0.2, 0) is 4.74 Å². The molecule has 2 amide bonds. The third kappa shape index (κ3) is 1.87. The third-order valence-corrected chi connectivity index (χ3v) is 6.34. The van der Waals surface area contributed by atoms with E-state index in [-0.39, 0.29) is 6.03 Å². The molecule has 3 rings (SSSR count). The molecule has 1 heterocycles. The second-order valence-corrected chi connectivity index (χ2v) is 7.19. The number of urea groups is 1. The molecule has 0 aromatic carbocycles. The van der Waals surface area contributed by atoms with Crippen LogP contribution in [0.1, 0.15) is 40.0 Å². The van der Waals surface area contributed by atoms with E-state index in [1.165, 1.54) is 19.3 Å². The Morgan fingerprint density at radius 1 is 1.42 bits per heavy atom. The number of rotatable bonds is 4. The number of ether oxygens (including phenoxy) is 1. The lowest BCUT2D eigenvalue weighted by atomic mass is 9.70. The topological polar surface area (TPSA) is 41.6 Å². The van der Waals surface area contributed by atoms with E-state index in [0.29, 0.717) is 23.5 Å². The van der Waals surface area contributed by atoms with Crippen LogP contribution in [0.15, 0.2) is 0 Å². The molecule has 0 spiro atoms. The second-order valence-electron chi connectivity index (χ2n) is 7.19. The SMILES string of the molecule is CC1(C)[C@H]2CC[C@]1(C)[C@H](OCCN1CCNC1=O)C2. The highest BCUT2D eigenvalue weighted by Crippen LogP contribution is 2.66. The molecule has 1 N–H and O–H groups in total. The van der Waals surface area contributed by atoms with Crippen LogP contribution < -0.4 is 5.32 Å². The summed E-state index contributed by atoms with van der Waals surface area (Å²) < 4.78 is 6.16. The highest BCUT2D eigenvalue weighted by Gasteiger charge is 2.61. The summed E-state index contributed by atoms with van der Waals surface area (Å²) in [5.74, 6) is 0.817. The van der Waals surface area contributed by atoms with Crippen molar-refractivity contribution in [2.45, 2.75) is 46.1 Å². The van der Waals surface area contributed by atoms with Gasteiger partial charge in [-0.1, -0.05) is 20.8 Å². The van der Waals surface area contributed by atoms with Crippen LogP contribution in [0.4, 0.5) is 4.79 Å². The zero-order valence-electron chi connectivity index (χ0n) is 12.4. The zero-order chi connectivity index (χ0) is 13.7. The van der Waals surface area contributed by atoms with Crippen molar-refractivity contribution < 1.29 is 9.53 Å². The number of hydrogen-bond acceptors (Lipinski definition) is 2. The fourth-order valence-electron chi connectivity index (χ4n) is 4.41. The van der Waals surface area contributed by atoms with E-state index >= 15 is 0 Å². The first-order valence-electron chi connectivity index (χ1n) is 7.59. The van der Waals surface area contributed by atoms with Crippen LogP contribution in [0.3, 0.4) is 0 Å². The normalized spacial score (nSPS) is 39.9. The van der Waals surface area contributed by atoms with Gasteiger partial charge in [0.1, 0.15) is 0 Å². The Morgan fingerprint density at radius 2 is 2.21 bits per heavy atom. The van der Waals surface area contributed by atoms with E-state index in [1.54, 1.807) is 0 Å². The van der Waals surface area contributed by atoms with Crippen molar-refractivity contribution in [2.75, 3.05) is 26.2 Å². The maximum Gasteiger partial charge on any atom is 0.317 e. The van der Waals surface area contributed by atoms with Crippen molar-refractivity contribution in [3.05, 3.63) is 0 Å². The van der Waals surface area contributed by atoms with Gasteiger partial charge in [-0.3, -0.25) is 0 Å². The van der Waals surface area contributed by atoms with E-state index in [9.17, 15) is 4.79 Å². The first-order chi connectivity index (χ1) is 8.95. The zero-order valence-corrected chi connectivity index (χ0v) is 12.4. The molecule has 3 fully saturated rings. The van der Waals surface area contributed by atoms with Gasteiger partial charge in [-0.2, -0.15) is 0 Å². The minimum absolute atomic E-state index is 0.0584. The van der Waals surface area contributed by atoms with Crippen LogP contribution in [0.2, 0.25) is 0 Å². The largest absolute Gasteiger partial charge is 0.376 e. The van der Waals surface area contributed by atoms with Crippen molar-refractivity contribution in [1.82, 2.24) is 10.2 Å². The molecule has 4 nitrogen and oxygen atoms in total. The minimum Gasteiger partial charge on any atom is -0.376 e. The lowest BCUT2D eigenvalue weighted by Gasteiger charge is -2.39. The summed E-state index contributed by atoms with van der Waals surface area (Å²) in [4.78, 5) is 13.3. The standard InChI is InChI=1S/C15H26N2O2/c1-14(2)11-4-5-15(14,3)12(10-11)19-9-8-17-7-6-16-13(17)18/h11-12H,4-10H2,1-3H3,(H,16,18)/t11-,12+,15+/m0/s1. The summed E-state index contributed by atoms with van der Waals surface area (Å²) in [5, 5.41) is 2.83. The smallest absolute Gasteiger partial charge is 0.317 e. The van der Waals surface area contributed by atoms with Crippen molar-refractivity contribution in [1.29, 1.82) is 0 Å². The van der Waals surface area contributed by atoms with Crippen LogP contribution in [0.5, 0.6) is 0 Å². The molecule has 2 saturated carbocycles. The van der Waals surface area contributed by atoms with Crippen LogP contribution in [-0.4, -0.2) is 43.3 Å². The number of fused-ring (bicyclic) bond motifs is 2. The van der Waals surface area contributed by atoms with Crippen LogP contribution in [0.25, 0.3) is 0 Å². The van der Waals surface area contributed by atoms with E-state index in [2.05, 4.69) is 26.1 Å². The fraction of sp³-hybridized carbons (Fsp3) is 0.933. The average Bonchev–Trinajstić information content (AvgIpc) is 2.91. The van der Waals surface area contributed by atoms with E-state index in [0.717, 1.165) is 25.6 Å². The molecule has 108 valence electrons. The van der Waals surface area contributed by atoms with Gasteiger partial charge in [0.25, 0.3) is 0 Å². The number of carbonyl (C=O) groups excluding carboxylic acids is 1. The van der Waals surface area contributed by atoms with Gasteiger partial charge in [-0.15, -0.1) is 0 Å². The molecule has 19 heavy (non-hydrogen) atoms. The molecular formula is C15H26N2O2. The lowest BCUT2D eigenvalue weighted by molar-refractivity contribution is -0.0490. The molecule has 2 aliphatic carbocycles. The molecule has 2 bridgehead atoms. The number of amides is 2. The Bertz CT molecular complexity index is 382. The van der Waals surface area contributed by atoms with Gasteiger partial charge in [0.15, 0.2) is 0 Å². The van der Waals surface area contributed by atoms with Crippen molar-refractivity contribution in [2.24, 2.45) is 16.7 Å². The van der Waals surface area contributed by atoms with Gasteiger partial charge >= 0.3 is 6.03 Å². The summed E-state index contributed by atoms with van der Waals surface area (Å²) >= 11 is 0. The van der Waals surface area contributed by atoms with Gasteiger partial charge < -0.3 is 15.0 Å². The maximum atomic E-state index is 11.5. The maximum absolute atomic E-state index is 11.5. The summed E-state index contributed by atoms with van der Waals surface area (Å²) in [7, 11) is 0. The van der Waals surface area contributed by atoms with Gasteiger partial charge in [0.2, 0.25) is 0 Å². The number of nitrogens with one attached hydrogen (secondary N) is 1. The summed E-state index contributed by atoms with van der Waals surface area (Å²) in [6, 6.07) is 0.0584. The van der Waals surface area contributed by atoms with Crippen molar-refractivity contribution in [3.8, 4) is 0 Å². The molecule has 0 aromatic heterocycles.